The number of likely N-dealkylation sites (tertiary alicyclic amines) is 1. The predicted molar refractivity (Wildman–Crippen MR) is 65.2 cm³/mol. The van der Waals surface area contributed by atoms with E-state index in [4.69, 9.17) is 5.73 Å². The van der Waals surface area contributed by atoms with Gasteiger partial charge in [-0.1, -0.05) is 0 Å². The van der Waals surface area contributed by atoms with E-state index >= 15 is 0 Å². The van der Waals surface area contributed by atoms with Gasteiger partial charge in [0.05, 0.1) is 12.2 Å². The Labute approximate surface area is 97.4 Å². The molecular weight excluding hydrogens is 200 g/mol. The van der Waals surface area contributed by atoms with E-state index in [-0.39, 0.29) is 11.6 Å². The van der Waals surface area contributed by atoms with Crippen LogP contribution in [0.1, 0.15) is 45.3 Å². The quantitative estimate of drug-likeness (QED) is 0.826. The molecular formula is C12H22N4. The van der Waals surface area contributed by atoms with Gasteiger partial charge < -0.3 is 5.73 Å². The van der Waals surface area contributed by atoms with Gasteiger partial charge >= 0.3 is 0 Å². The van der Waals surface area contributed by atoms with Crippen LogP contribution in [0.4, 0.5) is 0 Å². The van der Waals surface area contributed by atoms with Gasteiger partial charge in [0.2, 0.25) is 0 Å². The molecule has 1 aliphatic heterocycles. The van der Waals surface area contributed by atoms with Crippen molar-refractivity contribution in [3.8, 4) is 0 Å². The molecule has 0 spiro atoms. The summed E-state index contributed by atoms with van der Waals surface area (Å²) in [6, 6.07) is 0.597. The Kier molecular flexibility index (Phi) is 2.80. The predicted octanol–water partition coefficient (Wildman–Crippen LogP) is 1.56. The fourth-order valence-electron chi connectivity index (χ4n) is 1.96. The first kappa shape index (κ1) is 11.6. The second kappa shape index (κ2) is 3.86. The summed E-state index contributed by atoms with van der Waals surface area (Å²) in [5, 5.41) is 4.39. The number of nitrogens with two attached hydrogens (primary N) is 1. The zero-order chi connectivity index (χ0) is 11.9. The summed E-state index contributed by atoms with van der Waals surface area (Å²) in [7, 11) is 0. The average Bonchev–Trinajstić information content (AvgIpc) is 2.46. The fraction of sp³-hybridized carbons (Fsp3) is 0.750. The molecule has 1 aromatic rings. The molecule has 0 aromatic carbocycles. The molecule has 1 aromatic heterocycles. The fourth-order valence-corrected chi connectivity index (χ4v) is 1.96. The molecule has 4 nitrogen and oxygen atoms in total. The summed E-state index contributed by atoms with van der Waals surface area (Å²) in [4.78, 5) is 2.46. The van der Waals surface area contributed by atoms with Crippen molar-refractivity contribution >= 4 is 0 Å². The van der Waals surface area contributed by atoms with Crippen molar-refractivity contribution in [2.24, 2.45) is 5.73 Å². The minimum absolute atomic E-state index is 0.0764. The highest BCUT2D eigenvalue weighted by Crippen LogP contribution is 2.28. The molecule has 1 aliphatic rings. The minimum Gasteiger partial charge on any atom is -0.324 e. The van der Waals surface area contributed by atoms with E-state index in [1.165, 1.54) is 0 Å². The van der Waals surface area contributed by atoms with Crippen LogP contribution >= 0.6 is 0 Å². The molecule has 0 aliphatic carbocycles. The topological polar surface area (TPSA) is 47.1 Å². The van der Waals surface area contributed by atoms with Gasteiger partial charge in [0.1, 0.15) is 0 Å². The van der Waals surface area contributed by atoms with E-state index in [0.717, 1.165) is 18.7 Å². The number of nitrogens with zero attached hydrogens (tertiary/aromatic N) is 3. The molecule has 16 heavy (non-hydrogen) atoms. The first-order valence-electron chi connectivity index (χ1n) is 5.92. The van der Waals surface area contributed by atoms with Gasteiger partial charge in [-0.3, -0.25) is 9.58 Å². The molecule has 2 rings (SSSR count). The van der Waals surface area contributed by atoms with Crippen LogP contribution < -0.4 is 5.73 Å². The highest BCUT2D eigenvalue weighted by molar-refractivity contribution is 5.09. The molecule has 2 heterocycles. The van der Waals surface area contributed by atoms with Crippen molar-refractivity contribution < 1.29 is 0 Å². The van der Waals surface area contributed by atoms with Crippen LogP contribution in [0.25, 0.3) is 0 Å². The van der Waals surface area contributed by atoms with Crippen LogP contribution in [0, 0.1) is 0 Å². The van der Waals surface area contributed by atoms with E-state index in [9.17, 15) is 0 Å². The third-order valence-electron chi connectivity index (χ3n) is 3.33. The van der Waals surface area contributed by atoms with E-state index in [1.54, 1.807) is 0 Å². The van der Waals surface area contributed by atoms with Crippen molar-refractivity contribution in [2.45, 2.75) is 45.3 Å². The lowest BCUT2D eigenvalue weighted by Gasteiger charge is -2.47. The van der Waals surface area contributed by atoms with Gasteiger partial charge in [-0.15, -0.1) is 0 Å². The molecule has 0 radical (unpaired) electrons. The van der Waals surface area contributed by atoms with Crippen molar-refractivity contribution in [2.75, 3.05) is 13.1 Å². The lowest BCUT2D eigenvalue weighted by Crippen LogP contribution is -2.56. The number of hydrogen-bond donors (Lipinski definition) is 1. The van der Waals surface area contributed by atoms with E-state index in [1.807, 2.05) is 13.1 Å². The van der Waals surface area contributed by atoms with E-state index in [0.29, 0.717) is 6.04 Å². The van der Waals surface area contributed by atoms with Crippen molar-refractivity contribution in [1.29, 1.82) is 0 Å². The van der Waals surface area contributed by atoms with Crippen molar-refractivity contribution in [1.82, 2.24) is 14.7 Å². The average molecular weight is 222 g/mol. The Morgan fingerprint density at radius 1 is 1.44 bits per heavy atom. The molecule has 2 N–H and O–H groups in total. The third-order valence-corrected chi connectivity index (χ3v) is 3.33. The van der Waals surface area contributed by atoms with E-state index < -0.39 is 0 Å². The Hall–Kier alpha value is -0.870. The summed E-state index contributed by atoms with van der Waals surface area (Å²) in [6.45, 7) is 10.9. The third kappa shape index (κ3) is 2.13. The van der Waals surface area contributed by atoms with Gasteiger partial charge in [0, 0.05) is 36.4 Å². The maximum atomic E-state index is 5.82. The second-order valence-electron chi connectivity index (χ2n) is 5.77. The second-order valence-corrected chi connectivity index (χ2v) is 5.77. The van der Waals surface area contributed by atoms with Gasteiger partial charge in [0.15, 0.2) is 0 Å². The monoisotopic (exact) mass is 222 g/mol. The Morgan fingerprint density at radius 2 is 2.06 bits per heavy atom. The highest BCUT2D eigenvalue weighted by Gasteiger charge is 2.35. The number of hydrogen-bond acceptors (Lipinski definition) is 3. The zero-order valence-electron chi connectivity index (χ0n) is 10.6. The lowest BCUT2D eigenvalue weighted by atomic mass is 9.98. The molecule has 90 valence electrons. The number of aromatic nitrogens is 2. The molecule has 0 amide bonds. The molecule has 4 heteroatoms. The molecule has 1 atom stereocenters. The maximum absolute atomic E-state index is 5.82. The Morgan fingerprint density at radius 3 is 2.50 bits per heavy atom. The molecule has 1 fully saturated rings. The Balaban J connectivity index is 1.96. The largest absolute Gasteiger partial charge is 0.324 e. The van der Waals surface area contributed by atoms with Gasteiger partial charge in [0.25, 0.3) is 0 Å². The Bertz CT molecular complexity index is 355. The molecule has 1 unspecified atom stereocenters. The van der Waals surface area contributed by atoms with Crippen LogP contribution in [0.3, 0.4) is 0 Å². The van der Waals surface area contributed by atoms with Gasteiger partial charge in [-0.2, -0.15) is 5.10 Å². The van der Waals surface area contributed by atoms with Crippen molar-refractivity contribution in [3.05, 3.63) is 18.0 Å². The van der Waals surface area contributed by atoms with Crippen LogP contribution in [0.5, 0.6) is 0 Å². The molecule has 0 bridgehead atoms. The first-order valence-corrected chi connectivity index (χ1v) is 5.92. The summed E-state index contributed by atoms with van der Waals surface area (Å²) in [6.07, 6.45) is 3.96. The van der Waals surface area contributed by atoms with E-state index in [2.05, 4.69) is 41.6 Å². The van der Waals surface area contributed by atoms with Crippen molar-refractivity contribution in [3.63, 3.8) is 0 Å². The smallest absolute Gasteiger partial charge is 0.0773 e. The van der Waals surface area contributed by atoms with Crippen LogP contribution in [0.15, 0.2) is 12.4 Å². The zero-order valence-corrected chi connectivity index (χ0v) is 10.6. The highest BCUT2D eigenvalue weighted by atomic mass is 15.4. The lowest BCUT2D eigenvalue weighted by molar-refractivity contribution is 0.0154. The van der Waals surface area contributed by atoms with Crippen LogP contribution in [-0.2, 0) is 0 Å². The number of rotatable bonds is 2. The maximum Gasteiger partial charge on any atom is 0.0773 e. The first-order chi connectivity index (χ1) is 7.38. The SMILES string of the molecule is CC(N)c1cnn(C2CN(C(C)(C)C)C2)c1. The van der Waals surface area contributed by atoms with Gasteiger partial charge in [-0.25, -0.2) is 0 Å². The minimum atomic E-state index is 0.0764. The molecule has 0 saturated carbocycles. The normalized spacial score (nSPS) is 20.8. The van der Waals surface area contributed by atoms with Crippen LogP contribution in [-0.4, -0.2) is 33.3 Å². The van der Waals surface area contributed by atoms with Gasteiger partial charge in [-0.05, 0) is 27.7 Å². The van der Waals surface area contributed by atoms with Crippen LogP contribution in [0.2, 0.25) is 0 Å². The summed E-state index contributed by atoms with van der Waals surface area (Å²) < 4.78 is 2.06. The summed E-state index contributed by atoms with van der Waals surface area (Å²) in [5.74, 6) is 0. The standard InChI is InChI=1S/C12H22N4/c1-9(13)10-5-14-16(6-10)11-7-15(8-11)12(2,3)4/h5-6,9,11H,7-8,13H2,1-4H3. The summed E-state index contributed by atoms with van der Waals surface area (Å²) in [5.41, 5.74) is 7.21. The molecule has 1 saturated heterocycles. The summed E-state index contributed by atoms with van der Waals surface area (Å²) >= 11 is 0.